The Morgan fingerprint density at radius 1 is 0.958 bits per heavy atom. The largest absolute Gasteiger partial charge is 0.276 e. The Bertz CT molecular complexity index is 1090. The number of hydrogen-bond acceptors (Lipinski definition) is 3. The van der Waals surface area contributed by atoms with Crippen molar-refractivity contribution in [1.82, 2.24) is 20.2 Å². The van der Waals surface area contributed by atoms with Gasteiger partial charge in [-0.3, -0.25) is 15.1 Å². The topological polar surface area (TPSA) is 54.5 Å². The standard InChI is InChI=1S/C18H10F2N4/c19-12-2-1-3-13(20)16(12)11-5-4-10-15-9(7-22-18(11)15)6-21-14-8-23-24-17(10)14/h1-3,5-8H,4H2,(H,23,24). The maximum atomic E-state index is 14.2. The second-order valence-corrected chi connectivity index (χ2v) is 5.72. The van der Waals surface area contributed by atoms with E-state index in [0.717, 1.165) is 27.7 Å². The van der Waals surface area contributed by atoms with Crippen molar-refractivity contribution in [3.63, 3.8) is 0 Å². The summed E-state index contributed by atoms with van der Waals surface area (Å²) in [5.41, 5.74) is 5.28. The molecule has 0 atom stereocenters. The number of fused-ring (bicyclic) bond motifs is 2. The summed E-state index contributed by atoms with van der Waals surface area (Å²) in [7, 11) is 0. The summed E-state index contributed by atoms with van der Waals surface area (Å²) in [6, 6.07) is 3.88. The molecule has 3 aliphatic rings. The number of rotatable bonds is 1. The summed E-state index contributed by atoms with van der Waals surface area (Å²) < 4.78 is 28.5. The maximum Gasteiger partial charge on any atom is 0.134 e. The molecular weight excluding hydrogens is 310 g/mol. The van der Waals surface area contributed by atoms with E-state index in [9.17, 15) is 8.78 Å². The van der Waals surface area contributed by atoms with E-state index < -0.39 is 11.6 Å². The third-order valence-corrected chi connectivity index (χ3v) is 4.42. The van der Waals surface area contributed by atoms with Gasteiger partial charge < -0.3 is 0 Å². The molecule has 4 nitrogen and oxygen atoms in total. The number of benzene rings is 1. The predicted octanol–water partition coefficient (Wildman–Crippen LogP) is 3.72. The maximum absolute atomic E-state index is 14.2. The Morgan fingerprint density at radius 3 is 2.58 bits per heavy atom. The number of nitrogens with one attached hydrogen (secondary N) is 1. The molecule has 1 aromatic heterocycles. The van der Waals surface area contributed by atoms with Gasteiger partial charge in [0, 0.05) is 29.1 Å². The van der Waals surface area contributed by atoms with Crippen LogP contribution in [-0.4, -0.2) is 20.2 Å². The van der Waals surface area contributed by atoms with Crippen LogP contribution in [0.15, 0.2) is 42.9 Å². The first-order valence-electron chi connectivity index (χ1n) is 7.48. The van der Waals surface area contributed by atoms with Crippen LogP contribution in [0.5, 0.6) is 0 Å². The van der Waals surface area contributed by atoms with E-state index in [0.29, 0.717) is 17.7 Å². The van der Waals surface area contributed by atoms with Crippen LogP contribution in [0.4, 0.5) is 8.78 Å². The van der Waals surface area contributed by atoms with E-state index in [1.54, 1.807) is 18.6 Å². The minimum Gasteiger partial charge on any atom is -0.276 e. The Labute approximate surface area is 135 Å². The number of aromatic nitrogens is 4. The molecule has 0 fully saturated rings. The lowest BCUT2D eigenvalue weighted by Gasteiger charge is -2.16. The summed E-state index contributed by atoms with van der Waals surface area (Å²) in [6.07, 6.45) is 7.39. The quantitative estimate of drug-likeness (QED) is 0.581. The molecule has 24 heavy (non-hydrogen) atoms. The Kier molecular flexibility index (Phi) is 2.59. The van der Waals surface area contributed by atoms with Crippen LogP contribution >= 0.6 is 0 Å². The zero-order valence-corrected chi connectivity index (χ0v) is 12.3. The lowest BCUT2D eigenvalue weighted by Crippen LogP contribution is -2.03. The summed E-state index contributed by atoms with van der Waals surface area (Å²) in [5.74, 6) is -1.18. The first-order valence-corrected chi connectivity index (χ1v) is 7.48. The average Bonchev–Trinajstić information content (AvgIpc) is 3.17. The summed E-state index contributed by atoms with van der Waals surface area (Å²) in [4.78, 5) is 8.82. The van der Waals surface area contributed by atoms with Gasteiger partial charge in [-0.15, -0.1) is 0 Å². The third-order valence-electron chi connectivity index (χ3n) is 4.42. The zero-order valence-electron chi connectivity index (χ0n) is 12.3. The van der Waals surface area contributed by atoms with Crippen LogP contribution in [0.2, 0.25) is 0 Å². The van der Waals surface area contributed by atoms with Gasteiger partial charge in [-0.25, -0.2) is 8.78 Å². The van der Waals surface area contributed by atoms with Crippen molar-refractivity contribution >= 4 is 16.6 Å². The smallest absolute Gasteiger partial charge is 0.134 e. The SMILES string of the molecule is Fc1cccc(F)c1C1=CCc2c3c1ncc-3cnc1cn[nH]c21. The van der Waals surface area contributed by atoms with Gasteiger partial charge >= 0.3 is 0 Å². The summed E-state index contributed by atoms with van der Waals surface area (Å²) >= 11 is 0. The van der Waals surface area contributed by atoms with Crippen LogP contribution in [0.3, 0.4) is 0 Å². The Balaban J connectivity index is 1.84. The van der Waals surface area contributed by atoms with Crippen molar-refractivity contribution in [2.24, 2.45) is 0 Å². The highest BCUT2D eigenvalue weighted by Crippen LogP contribution is 2.42. The highest BCUT2D eigenvalue weighted by Gasteiger charge is 2.27. The normalized spacial score (nSPS) is 13.5. The van der Waals surface area contributed by atoms with E-state index in [2.05, 4.69) is 20.2 Å². The van der Waals surface area contributed by atoms with Gasteiger partial charge in [-0.1, -0.05) is 12.1 Å². The van der Waals surface area contributed by atoms with Crippen molar-refractivity contribution in [3.05, 3.63) is 71.3 Å². The number of allylic oxidation sites excluding steroid dienone is 1. The number of hydrogen-bond donors (Lipinski definition) is 1. The summed E-state index contributed by atoms with van der Waals surface area (Å²) in [6.45, 7) is 0. The summed E-state index contributed by atoms with van der Waals surface area (Å²) in [5, 5.41) is 7.00. The molecule has 0 saturated carbocycles. The fourth-order valence-corrected chi connectivity index (χ4v) is 3.36. The molecule has 0 amide bonds. The van der Waals surface area contributed by atoms with Gasteiger partial charge in [0.05, 0.1) is 23.0 Å². The molecule has 2 aromatic rings. The number of aromatic amines is 1. The molecule has 116 valence electrons. The molecule has 3 heterocycles. The Hall–Kier alpha value is -3.15. The van der Waals surface area contributed by atoms with Crippen LogP contribution in [0.25, 0.3) is 27.7 Å². The van der Waals surface area contributed by atoms with E-state index in [1.807, 2.05) is 6.08 Å². The van der Waals surface area contributed by atoms with Crippen molar-refractivity contribution in [3.8, 4) is 11.1 Å². The van der Waals surface area contributed by atoms with Gasteiger partial charge in [0.15, 0.2) is 0 Å². The van der Waals surface area contributed by atoms with Gasteiger partial charge in [0.1, 0.15) is 17.2 Å². The van der Waals surface area contributed by atoms with E-state index in [1.165, 1.54) is 18.2 Å². The number of halogens is 2. The molecule has 0 spiro atoms. The highest BCUT2D eigenvalue weighted by molar-refractivity contribution is 5.96. The van der Waals surface area contributed by atoms with Crippen molar-refractivity contribution < 1.29 is 8.78 Å². The van der Waals surface area contributed by atoms with Gasteiger partial charge in [0.25, 0.3) is 0 Å². The number of H-pyrrole nitrogens is 1. The number of nitrogens with zero attached hydrogens (tertiary/aromatic N) is 3. The molecule has 5 rings (SSSR count). The highest BCUT2D eigenvalue weighted by atomic mass is 19.1. The van der Waals surface area contributed by atoms with Crippen molar-refractivity contribution in [2.45, 2.75) is 6.42 Å². The molecule has 2 aliphatic heterocycles. The molecule has 1 N–H and O–H groups in total. The molecule has 6 heteroatoms. The molecule has 1 aromatic carbocycles. The average molecular weight is 320 g/mol. The fourth-order valence-electron chi connectivity index (χ4n) is 3.36. The second-order valence-electron chi connectivity index (χ2n) is 5.72. The molecule has 0 bridgehead atoms. The first kappa shape index (κ1) is 13.3. The van der Waals surface area contributed by atoms with Gasteiger partial charge in [0.2, 0.25) is 0 Å². The van der Waals surface area contributed by atoms with E-state index in [4.69, 9.17) is 0 Å². The van der Waals surface area contributed by atoms with Crippen LogP contribution in [0, 0.1) is 11.6 Å². The van der Waals surface area contributed by atoms with Crippen LogP contribution in [0.1, 0.15) is 16.8 Å². The molecule has 0 saturated heterocycles. The zero-order chi connectivity index (χ0) is 16.3. The fraction of sp³-hybridized carbons (Fsp3) is 0.0556. The minimum atomic E-state index is -0.592. The molecule has 0 radical (unpaired) electrons. The minimum absolute atomic E-state index is 0.0385. The van der Waals surface area contributed by atoms with Crippen LogP contribution in [-0.2, 0) is 6.42 Å². The van der Waals surface area contributed by atoms with Crippen molar-refractivity contribution in [1.29, 1.82) is 0 Å². The third kappa shape index (κ3) is 1.68. The van der Waals surface area contributed by atoms with E-state index >= 15 is 0 Å². The van der Waals surface area contributed by atoms with Crippen molar-refractivity contribution in [2.75, 3.05) is 0 Å². The molecule has 0 unspecified atom stereocenters. The van der Waals surface area contributed by atoms with Crippen LogP contribution < -0.4 is 0 Å². The van der Waals surface area contributed by atoms with Gasteiger partial charge in [-0.05, 0) is 24.1 Å². The monoisotopic (exact) mass is 320 g/mol. The molecule has 1 aliphatic carbocycles. The lowest BCUT2D eigenvalue weighted by molar-refractivity contribution is 0.577. The Morgan fingerprint density at radius 2 is 1.75 bits per heavy atom. The predicted molar refractivity (Wildman–Crippen MR) is 85.4 cm³/mol. The van der Waals surface area contributed by atoms with E-state index in [-0.39, 0.29) is 5.56 Å². The lowest BCUT2D eigenvalue weighted by atomic mass is 9.88. The first-order chi connectivity index (χ1) is 11.7. The second kappa shape index (κ2) is 4.67. The van der Waals surface area contributed by atoms with Gasteiger partial charge in [-0.2, -0.15) is 5.10 Å². The molecular formula is C18H10F2N4.